The summed E-state index contributed by atoms with van der Waals surface area (Å²) in [5.41, 5.74) is 2.18. The lowest BCUT2D eigenvalue weighted by atomic mass is 10.1. The zero-order valence-electron chi connectivity index (χ0n) is 10.7. The van der Waals surface area contributed by atoms with Crippen LogP contribution in [0.4, 0.5) is 5.69 Å². The lowest BCUT2D eigenvalue weighted by Crippen LogP contribution is -2.11. The molecule has 4 rings (SSSR count). The van der Waals surface area contributed by atoms with Crippen LogP contribution in [0.3, 0.4) is 0 Å². The molecule has 100 valence electrons. The number of aromatic hydroxyl groups is 1. The van der Waals surface area contributed by atoms with Gasteiger partial charge in [0.2, 0.25) is 0 Å². The molecule has 0 bridgehead atoms. The molecule has 3 nitrogen and oxygen atoms in total. The zero-order valence-corrected chi connectivity index (χ0v) is 11.5. The summed E-state index contributed by atoms with van der Waals surface area (Å²) in [5.74, 6) is 1.00. The van der Waals surface area contributed by atoms with Crippen LogP contribution < -0.4 is 10.1 Å². The third-order valence-electron chi connectivity index (χ3n) is 3.57. The first kappa shape index (κ1) is 11.6. The molecule has 2 heterocycles. The SMILES string of the molecule is Oc1ccc2c(c1)OCC2Nc1ccc2sccc2c1. The zero-order chi connectivity index (χ0) is 13.5. The van der Waals surface area contributed by atoms with E-state index in [-0.39, 0.29) is 11.8 Å². The molecule has 0 aliphatic carbocycles. The monoisotopic (exact) mass is 283 g/mol. The highest BCUT2D eigenvalue weighted by Gasteiger charge is 2.24. The van der Waals surface area contributed by atoms with Gasteiger partial charge in [-0.05, 0) is 47.2 Å². The fourth-order valence-electron chi connectivity index (χ4n) is 2.58. The van der Waals surface area contributed by atoms with Crippen molar-refractivity contribution in [2.75, 3.05) is 11.9 Å². The molecule has 2 aromatic carbocycles. The van der Waals surface area contributed by atoms with Gasteiger partial charge < -0.3 is 15.2 Å². The summed E-state index contributed by atoms with van der Waals surface area (Å²) < 4.78 is 6.91. The highest BCUT2D eigenvalue weighted by Crippen LogP contribution is 2.37. The fraction of sp³-hybridized carbons (Fsp3) is 0.125. The van der Waals surface area contributed by atoms with Gasteiger partial charge in [-0.25, -0.2) is 0 Å². The molecule has 1 aromatic heterocycles. The minimum Gasteiger partial charge on any atom is -0.508 e. The van der Waals surface area contributed by atoms with E-state index in [1.54, 1.807) is 23.5 Å². The number of hydrogen-bond donors (Lipinski definition) is 2. The molecule has 1 atom stereocenters. The molecule has 2 N–H and O–H groups in total. The molecule has 1 unspecified atom stereocenters. The van der Waals surface area contributed by atoms with E-state index in [2.05, 4.69) is 35.0 Å². The van der Waals surface area contributed by atoms with Crippen LogP contribution in [-0.2, 0) is 0 Å². The van der Waals surface area contributed by atoms with E-state index in [4.69, 9.17) is 4.74 Å². The molecule has 0 amide bonds. The Morgan fingerprint density at radius 1 is 1.15 bits per heavy atom. The minimum absolute atomic E-state index is 0.127. The number of ether oxygens (including phenoxy) is 1. The van der Waals surface area contributed by atoms with E-state index in [0.29, 0.717) is 6.61 Å². The van der Waals surface area contributed by atoms with Crippen LogP contribution in [0.15, 0.2) is 47.8 Å². The largest absolute Gasteiger partial charge is 0.508 e. The Kier molecular flexibility index (Phi) is 2.57. The van der Waals surface area contributed by atoms with Crippen molar-refractivity contribution in [2.45, 2.75) is 6.04 Å². The minimum atomic E-state index is 0.127. The van der Waals surface area contributed by atoms with Crippen molar-refractivity contribution in [1.29, 1.82) is 0 Å². The number of phenols is 1. The second-order valence-corrected chi connectivity index (χ2v) is 5.85. The van der Waals surface area contributed by atoms with Crippen molar-refractivity contribution in [3.8, 4) is 11.5 Å². The Labute approximate surface area is 120 Å². The lowest BCUT2D eigenvalue weighted by Gasteiger charge is -2.13. The first-order valence-electron chi connectivity index (χ1n) is 6.49. The lowest BCUT2D eigenvalue weighted by molar-refractivity contribution is 0.338. The summed E-state index contributed by atoms with van der Waals surface area (Å²) in [4.78, 5) is 0. The first-order chi connectivity index (χ1) is 9.79. The highest BCUT2D eigenvalue weighted by molar-refractivity contribution is 7.17. The van der Waals surface area contributed by atoms with Gasteiger partial charge >= 0.3 is 0 Å². The predicted octanol–water partition coefficient (Wildman–Crippen LogP) is 4.15. The van der Waals surface area contributed by atoms with Gasteiger partial charge in [0, 0.05) is 22.0 Å². The van der Waals surface area contributed by atoms with E-state index in [9.17, 15) is 5.11 Å². The highest BCUT2D eigenvalue weighted by atomic mass is 32.1. The number of nitrogens with one attached hydrogen (secondary N) is 1. The van der Waals surface area contributed by atoms with Gasteiger partial charge in [-0.1, -0.05) is 0 Å². The smallest absolute Gasteiger partial charge is 0.128 e. The Hall–Kier alpha value is -2.20. The molecule has 20 heavy (non-hydrogen) atoms. The quantitative estimate of drug-likeness (QED) is 0.742. The third-order valence-corrected chi connectivity index (χ3v) is 4.47. The maximum atomic E-state index is 9.47. The van der Waals surface area contributed by atoms with Gasteiger partial charge in [0.1, 0.15) is 18.1 Å². The van der Waals surface area contributed by atoms with Crippen LogP contribution in [0.2, 0.25) is 0 Å². The van der Waals surface area contributed by atoms with Crippen LogP contribution in [0.1, 0.15) is 11.6 Å². The topological polar surface area (TPSA) is 41.5 Å². The third kappa shape index (κ3) is 1.89. The molecule has 1 aliphatic heterocycles. The van der Waals surface area contributed by atoms with Gasteiger partial charge in [0.15, 0.2) is 0 Å². The normalized spacial score (nSPS) is 16.9. The van der Waals surface area contributed by atoms with Crippen molar-refractivity contribution in [2.24, 2.45) is 0 Å². The van der Waals surface area contributed by atoms with E-state index in [1.165, 1.54) is 10.1 Å². The van der Waals surface area contributed by atoms with Gasteiger partial charge in [0.05, 0.1) is 6.04 Å². The number of rotatable bonds is 2. The Morgan fingerprint density at radius 2 is 2.10 bits per heavy atom. The molecule has 1 aliphatic rings. The Balaban J connectivity index is 1.64. The van der Waals surface area contributed by atoms with Crippen LogP contribution >= 0.6 is 11.3 Å². The van der Waals surface area contributed by atoms with Gasteiger partial charge in [-0.2, -0.15) is 0 Å². The molecule has 0 radical (unpaired) electrons. The summed E-state index contributed by atoms with van der Waals surface area (Å²) in [6, 6.07) is 13.9. The average molecular weight is 283 g/mol. The van der Waals surface area contributed by atoms with E-state index in [1.807, 2.05) is 6.07 Å². The second kappa shape index (κ2) is 4.42. The summed E-state index contributed by atoms with van der Waals surface area (Å²) in [6.45, 7) is 0.584. The predicted molar refractivity (Wildman–Crippen MR) is 81.8 cm³/mol. The average Bonchev–Trinajstić information content (AvgIpc) is 3.05. The van der Waals surface area contributed by atoms with Crippen molar-refractivity contribution in [1.82, 2.24) is 0 Å². The maximum Gasteiger partial charge on any atom is 0.128 e. The van der Waals surface area contributed by atoms with E-state index >= 15 is 0 Å². The Bertz CT molecular complexity index is 781. The molecule has 0 saturated heterocycles. The number of benzene rings is 2. The van der Waals surface area contributed by atoms with Crippen molar-refractivity contribution in [3.63, 3.8) is 0 Å². The van der Waals surface area contributed by atoms with Crippen molar-refractivity contribution in [3.05, 3.63) is 53.4 Å². The maximum absolute atomic E-state index is 9.47. The number of phenolic OH excluding ortho intramolecular Hbond substituents is 1. The number of anilines is 1. The molecule has 3 aromatic rings. The second-order valence-electron chi connectivity index (χ2n) is 4.90. The molecule has 0 spiro atoms. The number of hydrogen-bond acceptors (Lipinski definition) is 4. The summed E-state index contributed by atoms with van der Waals surface area (Å²) in [6.07, 6.45) is 0. The van der Waals surface area contributed by atoms with Gasteiger partial charge in [-0.15, -0.1) is 11.3 Å². The van der Waals surface area contributed by atoms with Gasteiger partial charge in [-0.3, -0.25) is 0 Å². The molecule has 0 fully saturated rings. The molecule has 0 saturated carbocycles. The summed E-state index contributed by atoms with van der Waals surface area (Å²) in [7, 11) is 0. The first-order valence-corrected chi connectivity index (χ1v) is 7.37. The van der Waals surface area contributed by atoms with E-state index in [0.717, 1.165) is 17.0 Å². The number of fused-ring (bicyclic) bond motifs is 2. The molecular weight excluding hydrogens is 270 g/mol. The van der Waals surface area contributed by atoms with Crippen LogP contribution in [0.5, 0.6) is 11.5 Å². The Morgan fingerprint density at radius 3 is 3.05 bits per heavy atom. The summed E-state index contributed by atoms with van der Waals surface area (Å²) in [5, 5.41) is 16.3. The van der Waals surface area contributed by atoms with Crippen molar-refractivity contribution < 1.29 is 9.84 Å². The fourth-order valence-corrected chi connectivity index (χ4v) is 3.35. The molecular formula is C16H13NO2S. The van der Waals surface area contributed by atoms with Crippen LogP contribution in [0, 0.1) is 0 Å². The summed E-state index contributed by atoms with van der Waals surface area (Å²) >= 11 is 1.75. The van der Waals surface area contributed by atoms with Crippen LogP contribution in [0.25, 0.3) is 10.1 Å². The van der Waals surface area contributed by atoms with Crippen molar-refractivity contribution >= 4 is 27.1 Å². The molecule has 4 heteroatoms. The standard InChI is InChI=1S/C16H13NO2S/c18-12-2-3-13-14(9-19-15(13)8-12)17-11-1-4-16-10(7-11)5-6-20-16/h1-8,14,17-18H,9H2. The van der Waals surface area contributed by atoms with Gasteiger partial charge in [0.25, 0.3) is 0 Å². The number of thiophene rings is 1. The van der Waals surface area contributed by atoms with E-state index < -0.39 is 0 Å². The van der Waals surface area contributed by atoms with Crippen LogP contribution in [-0.4, -0.2) is 11.7 Å².